The van der Waals surface area contributed by atoms with Gasteiger partial charge in [-0.3, -0.25) is 4.79 Å². The van der Waals surface area contributed by atoms with Crippen molar-refractivity contribution >= 4 is 27.5 Å². The highest BCUT2D eigenvalue weighted by Crippen LogP contribution is 2.19. The Labute approximate surface area is 110 Å². The summed E-state index contributed by atoms with van der Waals surface area (Å²) in [4.78, 5) is 11.5. The van der Waals surface area contributed by atoms with Gasteiger partial charge in [0.2, 0.25) is 5.91 Å². The Bertz CT molecular complexity index is 383. The van der Waals surface area contributed by atoms with Crippen molar-refractivity contribution in [3.63, 3.8) is 0 Å². The number of amides is 1. The SMILES string of the molecule is COCCNCC(=O)Nc1ccc(Br)c(C)c1. The van der Waals surface area contributed by atoms with Crippen molar-refractivity contribution in [2.75, 3.05) is 32.1 Å². The molecule has 1 amide bonds. The van der Waals surface area contributed by atoms with E-state index >= 15 is 0 Å². The van der Waals surface area contributed by atoms with E-state index in [0.717, 1.165) is 15.7 Å². The van der Waals surface area contributed by atoms with Crippen LogP contribution in [0.3, 0.4) is 0 Å². The van der Waals surface area contributed by atoms with E-state index in [1.807, 2.05) is 25.1 Å². The van der Waals surface area contributed by atoms with Crippen LogP contribution in [0.2, 0.25) is 0 Å². The molecule has 17 heavy (non-hydrogen) atoms. The predicted octanol–water partition coefficient (Wildman–Crippen LogP) is 1.93. The third kappa shape index (κ3) is 5.30. The van der Waals surface area contributed by atoms with Crippen LogP contribution in [0.5, 0.6) is 0 Å². The summed E-state index contributed by atoms with van der Waals surface area (Å²) in [6.45, 7) is 3.54. The minimum absolute atomic E-state index is 0.0529. The number of hydrogen-bond donors (Lipinski definition) is 2. The smallest absolute Gasteiger partial charge is 0.238 e. The maximum atomic E-state index is 11.5. The van der Waals surface area contributed by atoms with Gasteiger partial charge in [0, 0.05) is 23.8 Å². The molecule has 0 radical (unpaired) electrons. The fraction of sp³-hybridized carbons (Fsp3) is 0.417. The highest BCUT2D eigenvalue weighted by molar-refractivity contribution is 9.10. The fourth-order valence-electron chi connectivity index (χ4n) is 1.30. The van der Waals surface area contributed by atoms with Crippen LogP contribution in [-0.4, -0.2) is 32.7 Å². The Balaban J connectivity index is 2.37. The van der Waals surface area contributed by atoms with Crippen LogP contribution in [0.4, 0.5) is 5.69 Å². The maximum absolute atomic E-state index is 11.5. The van der Waals surface area contributed by atoms with Crippen molar-refractivity contribution in [3.05, 3.63) is 28.2 Å². The molecule has 0 fully saturated rings. The largest absolute Gasteiger partial charge is 0.383 e. The number of carbonyl (C=O) groups is 1. The fourth-order valence-corrected chi connectivity index (χ4v) is 1.55. The minimum atomic E-state index is -0.0529. The van der Waals surface area contributed by atoms with Crippen LogP contribution in [0.15, 0.2) is 22.7 Å². The van der Waals surface area contributed by atoms with Crippen molar-refractivity contribution < 1.29 is 9.53 Å². The zero-order chi connectivity index (χ0) is 12.7. The molecule has 1 aromatic carbocycles. The molecule has 0 spiro atoms. The first-order valence-corrected chi connectivity index (χ1v) is 6.18. The average molecular weight is 301 g/mol. The minimum Gasteiger partial charge on any atom is -0.383 e. The van der Waals surface area contributed by atoms with Gasteiger partial charge in [-0.25, -0.2) is 0 Å². The highest BCUT2D eigenvalue weighted by atomic mass is 79.9. The zero-order valence-electron chi connectivity index (χ0n) is 10.0. The van der Waals surface area contributed by atoms with E-state index < -0.39 is 0 Å². The van der Waals surface area contributed by atoms with Crippen LogP contribution in [0.1, 0.15) is 5.56 Å². The van der Waals surface area contributed by atoms with Gasteiger partial charge in [-0.2, -0.15) is 0 Å². The maximum Gasteiger partial charge on any atom is 0.238 e. The number of nitrogens with one attached hydrogen (secondary N) is 2. The van der Waals surface area contributed by atoms with Gasteiger partial charge in [-0.1, -0.05) is 15.9 Å². The van der Waals surface area contributed by atoms with E-state index in [0.29, 0.717) is 19.7 Å². The normalized spacial score (nSPS) is 10.3. The molecule has 0 aliphatic carbocycles. The lowest BCUT2D eigenvalue weighted by molar-refractivity contribution is -0.115. The van der Waals surface area contributed by atoms with Gasteiger partial charge < -0.3 is 15.4 Å². The van der Waals surface area contributed by atoms with Crippen molar-refractivity contribution in [3.8, 4) is 0 Å². The number of carbonyl (C=O) groups excluding carboxylic acids is 1. The van der Waals surface area contributed by atoms with Crippen LogP contribution in [0.25, 0.3) is 0 Å². The van der Waals surface area contributed by atoms with Gasteiger partial charge in [-0.05, 0) is 30.7 Å². The lowest BCUT2D eigenvalue weighted by Crippen LogP contribution is -2.30. The number of ether oxygens (including phenoxy) is 1. The molecule has 0 saturated heterocycles. The first-order valence-electron chi connectivity index (χ1n) is 5.39. The van der Waals surface area contributed by atoms with E-state index in [2.05, 4.69) is 26.6 Å². The topological polar surface area (TPSA) is 50.4 Å². The van der Waals surface area contributed by atoms with Crippen LogP contribution >= 0.6 is 15.9 Å². The number of methoxy groups -OCH3 is 1. The van der Waals surface area contributed by atoms with Gasteiger partial charge in [0.1, 0.15) is 0 Å². The van der Waals surface area contributed by atoms with E-state index in [-0.39, 0.29) is 5.91 Å². The first-order chi connectivity index (χ1) is 8.13. The zero-order valence-corrected chi connectivity index (χ0v) is 11.6. The second kappa shape index (κ2) is 7.42. The van der Waals surface area contributed by atoms with E-state index in [9.17, 15) is 4.79 Å². The number of benzene rings is 1. The highest BCUT2D eigenvalue weighted by Gasteiger charge is 2.02. The molecule has 0 unspecified atom stereocenters. The summed E-state index contributed by atoms with van der Waals surface area (Å²) in [6.07, 6.45) is 0. The Hall–Kier alpha value is -0.910. The van der Waals surface area contributed by atoms with E-state index in [1.54, 1.807) is 7.11 Å². The standard InChI is InChI=1S/C12H17BrN2O2/c1-9-7-10(3-4-11(9)13)15-12(16)8-14-5-6-17-2/h3-4,7,14H,5-6,8H2,1-2H3,(H,15,16). The molecule has 0 aliphatic heterocycles. The number of anilines is 1. The van der Waals surface area contributed by atoms with Gasteiger partial charge in [0.15, 0.2) is 0 Å². The van der Waals surface area contributed by atoms with Crippen LogP contribution in [0, 0.1) is 6.92 Å². The third-order valence-corrected chi connectivity index (χ3v) is 3.10. The second-order valence-corrected chi connectivity index (χ2v) is 4.54. The van der Waals surface area contributed by atoms with Crippen molar-refractivity contribution in [2.24, 2.45) is 0 Å². The number of halogens is 1. The molecular formula is C12H17BrN2O2. The third-order valence-electron chi connectivity index (χ3n) is 2.21. The summed E-state index contributed by atoms with van der Waals surface area (Å²) < 4.78 is 5.91. The molecule has 94 valence electrons. The van der Waals surface area contributed by atoms with Gasteiger partial charge >= 0.3 is 0 Å². The molecule has 4 nitrogen and oxygen atoms in total. The molecule has 0 bridgehead atoms. The number of aryl methyl sites for hydroxylation is 1. The first kappa shape index (κ1) is 14.2. The van der Waals surface area contributed by atoms with Crippen LogP contribution in [-0.2, 0) is 9.53 Å². The molecule has 0 heterocycles. The summed E-state index contributed by atoms with van der Waals surface area (Å²) in [5.74, 6) is -0.0529. The van der Waals surface area contributed by atoms with Gasteiger partial charge in [0.25, 0.3) is 0 Å². The summed E-state index contributed by atoms with van der Waals surface area (Å²) in [5.41, 5.74) is 1.90. The molecule has 0 saturated carbocycles. The summed E-state index contributed by atoms with van der Waals surface area (Å²) >= 11 is 3.42. The lowest BCUT2D eigenvalue weighted by Gasteiger charge is -2.07. The van der Waals surface area contributed by atoms with Crippen LogP contribution < -0.4 is 10.6 Å². The van der Waals surface area contributed by atoms with Crippen molar-refractivity contribution in [1.29, 1.82) is 0 Å². The molecule has 5 heteroatoms. The van der Waals surface area contributed by atoms with Gasteiger partial charge in [-0.15, -0.1) is 0 Å². The number of rotatable bonds is 6. The van der Waals surface area contributed by atoms with Gasteiger partial charge in [0.05, 0.1) is 13.2 Å². The van der Waals surface area contributed by atoms with E-state index in [4.69, 9.17) is 4.74 Å². The summed E-state index contributed by atoms with van der Waals surface area (Å²) in [7, 11) is 1.63. The molecule has 1 aromatic rings. The monoisotopic (exact) mass is 300 g/mol. The Morgan fingerprint density at radius 1 is 1.47 bits per heavy atom. The predicted molar refractivity (Wildman–Crippen MR) is 72.3 cm³/mol. The molecule has 0 aromatic heterocycles. The second-order valence-electron chi connectivity index (χ2n) is 3.68. The quantitative estimate of drug-likeness (QED) is 0.789. The molecule has 1 rings (SSSR count). The molecular weight excluding hydrogens is 284 g/mol. The molecule has 0 aliphatic rings. The van der Waals surface area contributed by atoms with Crippen molar-refractivity contribution in [2.45, 2.75) is 6.92 Å². The molecule has 0 atom stereocenters. The summed E-state index contributed by atoms with van der Waals surface area (Å²) in [6, 6.07) is 5.71. The molecule has 2 N–H and O–H groups in total. The Morgan fingerprint density at radius 2 is 2.24 bits per heavy atom. The Morgan fingerprint density at radius 3 is 2.88 bits per heavy atom. The summed E-state index contributed by atoms with van der Waals surface area (Å²) in [5, 5.41) is 5.81. The number of hydrogen-bond acceptors (Lipinski definition) is 3. The van der Waals surface area contributed by atoms with Crippen molar-refractivity contribution in [1.82, 2.24) is 5.32 Å². The van der Waals surface area contributed by atoms with E-state index in [1.165, 1.54) is 0 Å². The Kier molecular flexibility index (Phi) is 6.18. The lowest BCUT2D eigenvalue weighted by atomic mass is 10.2. The average Bonchev–Trinajstić information content (AvgIpc) is 2.30.